The van der Waals surface area contributed by atoms with Gasteiger partial charge in [0.1, 0.15) is 0 Å². The van der Waals surface area contributed by atoms with E-state index in [0.717, 1.165) is 17.8 Å². The van der Waals surface area contributed by atoms with E-state index in [4.69, 9.17) is 4.99 Å². The number of aromatic nitrogens is 1. The summed E-state index contributed by atoms with van der Waals surface area (Å²) in [5.74, 6) is 0. The van der Waals surface area contributed by atoms with Crippen LogP contribution in [0.15, 0.2) is 29.4 Å². The van der Waals surface area contributed by atoms with Gasteiger partial charge in [0, 0.05) is 6.20 Å². The van der Waals surface area contributed by atoms with Crippen LogP contribution in [0.5, 0.6) is 0 Å². The summed E-state index contributed by atoms with van der Waals surface area (Å²) in [6.45, 7) is 6.43. The van der Waals surface area contributed by atoms with Crippen LogP contribution in [0.25, 0.3) is 0 Å². The van der Waals surface area contributed by atoms with Crippen LogP contribution in [0.2, 0.25) is 0 Å². The highest BCUT2D eigenvalue weighted by Crippen LogP contribution is 2.08. The number of nitrogens with zero attached hydrogens (tertiary/aromatic N) is 2. The van der Waals surface area contributed by atoms with Crippen molar-refractivity contribution in [2.24, 2.45) is 4.99 Å². The fourth-order valence-electron chi connectivity index (χ4n) is 1.61. The molecule has 2 nitrogen and oxygen atoms in total. The van der Waals surface area contributed by atoms with Gasteiger partial charge in [-0.2, -0.15) is 0 Å². The molecule has 1 unspecified atom stereocenters. The van der Waals surface area contributed by atoms with Crippen molar-refractivity contribution < 1.29 is 0 Å². The Balaban J connectivity index is 2.74. The molecule has 0 N–H and O–H groups in total. The summed E-state index contributed by atoms with van der Waals surface area (Å²) < 4.78 is 0. The predicted molar refractivity (Wildman–Crippen MR) is 65.4 cm³/mol. The van der Waals surface area contributed by atoms with E-state index in [0.29, 0.717) is 6.04 Å². The van der Waals surface area contributed by atoms with Crippen LogP contribution in [-0.2, 0) is 0 Å². The zero-order valence-electron chi connectivity index (χ0n) is 9.90. The first-order valence-electron chi connectivity index (χ1n) is 5.73. The Morgan fingerprint density at radius 1 is 1.40 bits per heavy atom. The van der Waals surface area contributed by atoms with E-state index in [2.05, 4.69) is 18.8 Å². The van der Waals surface area contributed by atoms with Crippen LogP contribution in [0.3, 0.4) is 0 Å². The van der Waals surface area contributed by atoms with Gasteiger partial charge in [-0.05, 0) is 31.9 Å². The summed E-state index contributed by atoms with van der Waals surface area (Å²) in [5, 5.41) is 0. The maximum atomic E-state index is 4.71. The van der Waals surface area contributed by atoms with E-state index >= 15 is 0 Å². The standard InChI is InChI=1S/C13H20N2/c1-4-8-12(5-2)15-11(3)13-9-6-7-10-14-13/h6-7,9-10,12H,4-5,8H2,1-3H3. The second kappa shape index (κ2) is 6.33. The highest BCUT2D eigenvalue weighted by atomic mass is 14.8. The topological polar surface area (TPSA) is 25.2 Å². The minimum absolute atomic E-state index is 0.456. The fourth-order valence-corrected chi connectivity index (χ4v) is 1.61. The largest absolute Gasteiger partial charge is 0.285 e. The van der Waals surface area contributed by atoms with Gasteiger partial charge in [0.15, 0.2) is 0 Å². The SMILES string of the molecule is CCCC(CC)N=C(C)c1ccccn1. The molecule has 0 saturated carbocycles. The van der Waals surface area contributed by atoms with Crippen LogP contribution in [0.1, 0.15) is 45.7 Å². The van der Waals surface area contributed by atoms with Gasteiger partial charge in [0.05, 0.1) is 17.4 Å². The first kappa shape index (κ1) is 11.9. The smallest absolute Gasteiger partial charge is 0.0837 e. The van der Waals surface area contributed by atoms with Gasteiger partial charge in [-0.25, -0.2) is 0 Å². The second-order valence-corrected chi connectivity index (χ2v) is 3.78. The van der Waals surface area contributed by atoms with Crippen molar-refractivity contribution in [3.8, 4) is 0 Å². The summed E-state index contributed by atoms with van der Waals surface area (Å²) in [4.78, 5) is 9.00. The van der Waals surface area contributed by atoms with Gasteiger partial charge in [-0.1, -0.05) is 26.3 Å². The summed E-state index contributed by atoms with van der Waals surface area (Å²) in [5.41, 5.74) is 2.04. The third-order valence-corrected chi connectivity index (χ3v) is 2.50. The molecule has 82 valence electrons. The average Bonchev–Trinajstić information content (AvgIpc) is 2.29. The summed E-state index contributed by atoms with van der Waals surface area (Å²) in [7, 11) is 0. The first-order chi connectivity index (χ1) is 7.27. The molecule has 1 atom stereocenters. The molecular weight excluding hydrogens is 184 g/mol. The van der Waals surface area contributed by atoms with Crippen molar-refractivity contribution in [1.29, 1.82) is 0 Å². The third kappa shape index (κ3) is 3.82. The van der Waals surface area contributed by atoms with Gasteiger partial charge in [0.25, 0.3) is 0 Å². The van der Waals surface area contributed by atoms with Gasteiger partial charge >= 0.3 is 0 Å². The Hall–Kier alpha value is -1.18. The van der Waals surface area contributed by atoms with Crippen molar-refractivity contribution in [2.45, 2.75) is 46.1 Å². The minimum Gasteiger partial charge on any atom is -0.285 e. The zero-order chi connectivity index (χ0) is 11.1. The number of hydrogen-bond donors (Lipinski definition) is 0. The van der Waals surface area contributed by atoms with Gasteiger partial charge in [-0.15, -0.1) is 0 Å². The van der Waals surface area contributed by atoms with E-state index in [1.165, 1.54) is 12.8 Å². The molecule has 0 aliphatic carbocycles. The highest BCUT2D eigenvalue weighted by Gasteiger charge is 2.04. The molecule has 15 heavy (non-hydrogen) atoms. The highest BCUT2D eigenvalue weighted by molar-refractivity contribution is 5.96. The lowest BCUT2D eigenvalue weighted by Crippen LogP contribution is -2.07. The number of hydrogen-bond acceptors (Lipinski definition) is 2. The van der Waals surface area contributed by atoms with E-state index < -0.39 is 0 Å². The number of rotatable bonds is 5. The maximum Gasteiger partial charge on any atom is 0.0837 e. The van der Waals surface area contributed by atoms with E-state index in [9.17, 15) is 0 Å². The molecule has 0 saturated heterocycles. The van der Waals surface area contributed by atoms with Gasteiger partial charge in [-0.3, -0.25) is 9.98 Å². The first-order valence-corrected chi connectivity index (χ1v) is 5.73. The van der Waals surface area contributed by atoms with Gasteiger partial charge in [0.2, 0.25) is 0 Å². The van der Waals surface area contributed by atoms with Crippen LogP contribution < -0.4 is 0 Å². The van der Waals surface area contributed by atoms with Crippen molar-refractivity contribution in [3.63, 3.8) is 0 Å². The maximum absolute atomic E-state index is 4.71. The van der Waals surface area contributed by atoms with E-state index in [1.807, 2.05) is 31.3 Å². The van der Waals surface area contributed by atoms with Crippen molar-refractivity contribution in [3.05, 3.63) is 30.1 Å². The molecule has 0 aromatic carbocycles. The third-order valence-electron chi connectivity index (χ3n) is 2.50. The second-order valence-electron chi connectivity index (χ2n) is 3.78. The summed E-state index contributed by atoms with van der Waals surface area (Å²) in [6.07, 6.45) is 5.28. The molecule has 0 bridgehead atoms. The monoisotopic (exact) mass is 204 g/mol. The van der Waals surface area contributed by atoms with Crippen LogP contribution >= 0.6 is 0 Å². The molecule has 1 aromatic heterocycles. The summed E-state index contributed by atoms with van der Waals surface area (Å²) >= 11 is 0. The lowest BCUT2D eigenvalue weighted by molar-refractivity contribution is 0.589. The molecule has 1 heterocycles. The molecule has 0 aliphatic heterocycles. The zero-order valence-corrected chi connectivity index (χ0v) is 9.90. The predicted octanol–water partition coefficient (Wildman–Crippen LogP) is 3.47. The van der Waals surface area contributed by atoms with Gasteiger partial charge < -0.3 is 0 Å². The lowest BCUT2D eigenvalue weighted by Gasteiger charge is -2.09. The Morgan fingerprint density at radius 3 is 2.73 bits per heavy atom. The Bertz CT molecular complexity index is 304. The molecular formula is C13H20N2. The summed E-state index contributed by atoms with van der Waals surface area (Å²) in [6, 6.07) is 6.40. The van der Waals surface area contributed by atoms with E-state index in [-0.39, 0.29) is 0 Å². The Kier molecular flexibility index (Phi) is 5.02. The van der Waals surface area contributed by atoms with Crippen molar-refractivity contribution in [1.82, 2.24) is 4.98 Å². The van der Waals surface area contributed by atoms with Crippen LogP contribution in [-0.4, -0.2) is 16.7 Å². The van der Waals surface area contributed by atoms with Crippen LogP contribution in [0, 0.1) is 0 Å². The van der Waals surface area contributed by atoms with Crippen molar-refractivity contribution >= 4 is 5.71 Å². The molecule has 0 amide bonds. The molecule has 1 aromatic rings. The fraction of sp³-hybridized carbons (Fsp3) is 0.538. The molecule has 2 heteroatoms. The molecule has 0 radical (unpaired) electrons. The van der Waals surface area contributed by atoms with E-state index in [1.54, 1.807) is 0 Å². The average molecular weight is 204 g/mol. The Morgan fingerprint density at radius 2 is 2.20 bits per heavy atom. The van der Waals surface area contributed by atoms with Crippen LogP contribution in [0.4, 0.5) is 0 Å². The van der Waals surface area contributed by atoms with Crippen molar-refractivity contribution in [2.75, 3.05) is 0 Å². The number of aliphatic imine (C=N–C) groups is 1. The molecule has 0 fully saturated rings. The number of pyridine rings is 1. The molecule has 0 aliphatic rings. The Labute approximate surface area is 92.5 Å². The molecule has 1 rings (SSSR count). The molecule has 0 spiro atoms. The normalized spacial score (nSPS) is 13.9. The quantitative estimate of drug-likeness (QED) is 0.674. The minimum atomic E-state index is 0.456. The lowest BCUT2D eigenvalue weighted by atomic mass is 10.1.